The van der Waals surface area contributed by atoms with Crippen LogP contribution in [0, 0.1) is 11.3 Å². The molecule has 1 fully saturated rings. The van der Waals surface area contributed by atoms with Crippen LogP contribution in [-0.2, 0) is 4.74 Å². The number of hydrogen-bond acceptors (Lipinski definition) is 3. The van der Waals surface area contributed by atoms with Gasteiger partial charge in [0.15, 0.2) is 0 Å². The molecule has 2 atom stereocenters. The lowest BCUT2D eigenvalue weighted by Crippen LogP contribution is -2.48. The molecular formula is C10H18N2O. The number of rotatable bonds is 2. The smallest absolute Gasteiger partial charge is 0.111 e. The number of nitriles is 1. The minimum Gasteiger partial charge on any atom is -0.381 e. The fourth-order valence-electron chi connectivity index (χ4n) is 2.01. The number of methoxy groups -OCH3 is 1. The van der Waals surface area contributed by atoms with Crippen molar-refractivity contribution in [3.63, 3.8) is 0 Å². The molecular weight excluding hydrogens is 164 g/mol. The van der Waals surface area contributed by atoms with E-state index in [-0.39, 0.29) is 11.6 Å². The maximum Gasteiger partial charge on any atom is 0.111 e. The Labute approximate surface area is 80.3 Å². The second-order valence-corrected chi connectivity index (χ2v) is 3.99. The number of ether oxygens (including phenoxy) is 1. The molecule has 1 aliphatic rings. The second-order valence-electron chi connectivity index (χ2n) is 3.99. The average molecular weight is 182 g/mol. The van der Waals surface area contributed by atoms with Crippen molar-refractivity contribution in [1.82, 2.24) is 4.90 Å². The van der Waals surface area contributed by atoms with Gasteiger partial charge in [0, 0.05) is 13.5 Å². The maximum atomic E-state index is 9.18. The van der Waals surface area contributed by atoms with Gasteiger partial charge in [-0.1, -0.05) is 0 Å². The van der Waals surface area contributed by atoms with E-state index in [4.69, 9.17) is 4.74 Å². The third-order valence-electron chi connectivity index (χ3n) is 3.08. The van der Waals surface area contributed by atoms with Crippen molar-refractivity contribution in [3.8, 4) is 6.07 Å². The summed E-state index contributed by atoms with van der Waals surface area (Å²) < 4.78 is 5.32. The molecule has 3 heteroatoms. The molecule has 0 spiro atoms. The van der Waals surface area contributed by atoms with E-state index in [1.54, 1.807) is 7.11 Å². The van der Waals surface area contributed by atoms with Crippen LogP contribution in [0.3, 0.4) is 0 Å². The normalized spacial score (nSPS) is 34.5. The first-order valence-corrected chi connectivity index (χ1v) is 4.76. The van der Waals surface area contributed by atoms with Crippen LogP contribution in [0.25, 0.3) is 0 Å². The van der Waals surface area contributed by atoms with Crippen molar-refractivity contribution in [2.24, 2.45) is 0 Å². The van der Waals surface area contributed by atoms with Crippen molar-refractivity contribution >= 4 is 0 Å². The van der Waals surface area contributed by atoms with Crippen LogP contribution in [0.1, 0.15) is 25.7 Å². The summed E-state index contributed by atoms with van der Waals surface area (Å²) in [4.78, 5) is 2.03. The zero-order chi connectivity index (χ0) is 9.90. The quantitative estimate of drug-likeness (QED) is 0.647. The van der Waals surface area contributed by atoms with Gasteiger partial charge in [-0.3, -0.25) is 4.90 Å². The van der Waals surface area contributed by atoms with E-state index >= 15 is 0 Å². The van der Waals surface area contributed by atoms with Gasteiger partial charge in [-0.25, -0.2) is 0 Å². The first-order chi connectivity index (χ1) is 6.14. The molecule has 1 rings (SSSR count). The first-order valence-electron chi connectivity index (χ1n) is 4.76. The summed E-state index contributed by atoms with van der Waals surface area (Å²) >= 11 is 0. The van der Waals surface area contributed by atoms with Crippen LogP contribution in [0.2, 0.25) is 0 Å². The molecule has 0 aromatic heterocycles. The lowest BCUT2D eigenvalue weighted by Gasteiger charge is -2.39. The number of nitrogens with zero attached hydrogens (tertiary/aromatic N) is 2. The van der Waals surface area contributed by atoms with E-state index in [0.717, 1.165) is 25.7 Å². The fraction of sp³-hybridized carbons (Fsp3) is 0.900. The Kier molecular flexibility index (Phi) is 3.29. The lowest BCUT2D eigenvalue weighted by atomic mass is 9.80. The molecule has 1 saturated carbocycles. The summed E-state index contributed by atoms with van der Waals surface area (Å²) in [5, 5.41) is 9.18. The molecule has 74 valence electrons. The Balaban J connectivity index is 2.71. The monoisotopic (exact) mass is 182 g/mol. The summed E-state index contributed by atoms with van der Waals surface area (Å²) in [6.45, 7) is 0. The Morgan fingerprint density at radius 3 is 2.69 bits per heavy atom. The zero-order valence-corrected chi connectivity index (χ0v) is 8.71. The van der Waals surface area contributed by atoms with E-state index < -0.39 is 0 Å². The molecule has 0 heterocycles. The van der Waals surface area contributed by atoms with Crippen molar-refractivity contribution in [2.45, 2.75) is 37.3 Å². The summed E-state index contributed by atoms with van der Waals surface area (Å²) in [7, 11) is 5.68. The lowest BCUT2D eigenvalue weighted by molar-refractivity contribution is 0.0168. The van der Waals surface area contributed by atoms with Crippen LogP contribution in [-0.4, -0.2) is 37.7 Å². The number of hydrogen-bond donors (Lipinski definition) is 0. The SMILES string of the molecule is COC1CCCC(C#N)(N(C)C)C1. The average Bonchev–Trinajstić information content (AvgIpc) is 2.17. The molecule has 0 saturated heterocycles. The van der Waals surface area contributed by atoms with Gasteiger partial charge in [0.05, 0.1) is 12.2 Å². The molecule has 13 heavy (non-hydrogen) atoms. The fourth-order valence-corrected chi connectivity index (χ4v) is 2.01. The minimum atomic E-state index is -0.293. The Bertz CT molecular complexity index is 209. The summed E-state index contributed by atoms with van der Waals surface area (Å²) in [5.41, 5.74) is -0.293. The van der Waals surface area contributed by atoms with Gasteiger partial charge in [-0.15, -0.1) is 0 Å². The molecule has 0 aromatic rings. The van der Waals surface area contributed by atoms with Gasteiger partial charge >= 0.3 is 0 Å². The van der Waals surface area contributed by atoms with Crippen LogP contribution >= 0.6 is 0 Å². The van der Waals surface area contributed by atoms with Crippen molar-refractivity contribution in [3.05, 3.63) is 0 Å². The van der Waals surface area contributed by atoms with Gasteiger partial charge in [0.25, 0.3) is 0 Å². The molecule has 2 unspecified atom stereocenters. The van der Waals surface area contributed by atoms with Crippen LogP contribution in [0.5, 0.6) is 0 Å². The third kappa shape index (κ3) is 2.01. The molecule has 0 aromatic carbocycles. The van der Waals surface area contributed by atoms with E-state index in [9.17, 15) is 5.26 Å². The molecule has 0 N–H and O–H groups in total. The topological polar surface area (TPSA) is 36.3 Å². The Morgan fingerprint density at radius 1 is 1.54 bits per heavy atom. The highest BCUT2D eigenvalue weighted by molar-refractivity contribution is 5.10. The highest BCUT2D eigenvalue weighted by Crippen LogP contribution is 2.32. The van der Waals surface area contributed by atoms with Crippen LogP contribution in [0.15, 0.2) is 0 Å². The van der Waals surface area contributed by atoms with E-state index in [1.165, 1.54) is 0 Å². The largest absolute Gasteiger partial charge is 0.381 e. The van der Waals surface area contributed by atoms with E-state index in [0.29, 0.717) is 0 Å². The van der Waals surface area contributed by atoms with Gasteiger partial charge in [0.1, 0.15) is 5.54 Å². The highest BCUT2D eigenvalue weighted by atomic mass is 16.5. The second kappa shape index (κ2) is 4.08. The van der Waals surface area contributed by atoms with Gasteiger partial charge in [0.2, 0.25) is 0 Å². The van der Waals surface area contributed by atoms with Crippen LogP contribution < -0.4 is 0 Å². The first kappa shape index (κ1) is 10.5. The summed E-state index contributed by atoms with van der Waals surface area (Å²) in [5.74, 6) is 0. The molecule has 3 nitrogen and oxygen atoms in total. The molecule has 0 aliphatic heterocycles. The van der Waals surface area contributed by atoms with Crippen molar-refractivity contribution in [1.29, 1.82) is 5.26 Å². The maximum absolute atomic E-state index is 9.18. The standard InChI is InChI=1S/C10H18N2O/c1-12(2)10(8-11)6-4-5-9(7-10)13-3/h9H,4-7H2,1-3H3. The summed E-state index contributed by atoms with van der Waals surface area (Å²) in [6.07, 6.45) is 4.25. The van der Waals surface area contributed by atoms with Crippen molar-refractivity contribution in [2.75, 3.05) is 21.2 Å². The zero-order valence-electron chi connectivity index (χ0n) is 8.71. The summed E-state index contributed by atoms with van der Waals surface area (Å²) in [6, 6.07) is 2.43. The minimum absolute atomic E-state index is 0.260. The molecule has 0 amide bonds. The predicted octanol–water partition coefficient (Wildman–Crippen LogP) is 1.40. The van der Waals surface area contributed by atoms with Gasteiger partial charge in [-0.05, 0) is 33.4 Å². The highest BCUT2D eigenvalue weighted by Gasteiger charge is 2.38. The van der Waals surface area contributed by atoms with E-state index in [1.807, 2.05) is 19.0 Å². The van der Waals surface area contributed by atoms with Crippen molar-refractivity contribution < 1.29 is 4.74 Å². The van der Waals surface area contributed by atoms with E-state index in [2.05, 4.69) is 6.07 Å². The Morgan fingerprint density at radius 2 is 2.23 bits per heavy atom. The molecule has 1 aliphatic carbocycles. The van der Waals surface area contributed by atoms with Crippen LogP contribution in [0.4, 0.5) is 0 Å². The Hall–Kier alpha value is -0.590. The predicted molar refractivity (Wildman–Crippen MR) is 51.3 cm³/mol. The van der Waals surface area contributed by atoms with Gasteiger partial charge in [-0.2, -0.15) is 5.26 Å². The molecule has 0 bridgehead atoms. The van der Waals surface area contributed by atoms with Gasteiger partial charge < -0.3 is 4.74 Å². The third-order valence-corrected chi connectivity index (χ3v) is 3.08. The molecule has 0 radical (unpaired) electrons.